The molecule has 0 saturated heterocycles. The number of anilines is 1. The van der Waals surface area contributed by atoms with Crippen molar-refractivity contribution in [3.63, 3.8) is 0 Å². The number of nitrogens with zero attached hydrogens (tertiary/aromatic N) is 4. The van der Waals surface area contributed by atoms with E-state index in [1.165, 1.54) is 27.8 Å². The van der Waals surface area contributed by atoms with Crippen LogP contribution in [-0.2, 0) is 11.8 Å². The largest absolute Gasteiger partial charge is 0.326 e. The molecule has 6 nitrogen and oxygen atoms in total. The number of nitrogens with one attached hydrogen (secondary N) is 1. The lowest BCUT2D eigenvalue weighted by molar-refractivity contribution is -0.115. The SMILES string of the molecule is Cc1ccc(Sc2ccc(NC(=O)CCSc3nnnn3C)cc2)c(C)c1. The van der Waals surface area contributed by atoms with Gasteiger partial charge in [-0.15, -0.1) is 5.10 Å². The van der Waals surface area contributed by atoms with E-state index in [0.717, 1.165) is 10.6 Å². The maximum absolute atomic E-state index is 12.1. The molecule has 0 fully saturated rings. The second-order valence-electron chi connectivity index (χ2n) is 6.13. The molecule has 3 rings (SSSR count). The Morgan fingerprint density at radius 1 is 1.15 bits per heavy atom. The Labute approximate surface area is 167 Å². The number of carbonyl (C=O) groups excluding carboxylic acids is 1. The van der Waals surface area contributed by atoms with Gasteiger partial charge in [0.1, 0.15) is 0 Å². The number of benzene rings is 2. The van der Waals surface area contributed by atoms with Gasteiger partial charge in [-0.25, -0.2) is 4.68 Å². The van der Waals surface area contributed by atoms with Crippen molar-refractivity contribution in [1.82, 2.24) is 20.2 Å². The minimum absolute atomic E-state index is 0.0209. The maximum atomic E-state index is 12.1. The minimum Gasteiger partial charge on any atom is -0.326 e. The molecule has 0 unspecified atom stereocenters. The highest BCUT2D eigenvalue weighted by Gasteiger charge is 2.07. The molecule has 0 radical (unpaired) electrons. The van der Waals surface area contributed by atoms with Crippen molar-refractivity contribution in [3.8, 4) is 0 Å². The van der Waals surface area contributed by atoms with Gasteiger partial charge in [-0.05, 0) is 60.2 Å². The highest BCUT2D eigenvalue weighted by atomic mass is 32.2. The van der Waals surface area contributed by atoms with Crippen LogP contribution in [0.2, 0.25) is 0 Å². The third kappa shape index (κ3) is 5.58. The quantitative estimate of drug-likeness (QED) is 0.603. The Kier molecular flexibility index (Phi) is 6.52. The smallest absolute Gasteiger partial charge is 0.225 e. The second kappa shape index (κ2) is 9.05. The molecule has 0 saturated carbocycles. The summed E-state index contributed by atoms with van der Waals surface area (Å²) >= 11 is 3.19. The fourth-order valence-corrected chi connectivity index (χ4v) is 4.12. The molecule has 8 heteroatoms. The molecule has 140 valence electrons. The van der Waals surface area contributed by atoms with Crippen molar-refractivity contribution in [3.05, 3.63) is 53.6 Å². The molecule has 0 aliphatic heterocycles. The number of carbonyl (C=O) groups is 1. The summed E-state index contributed by atoms with van der Waals surface area (Å²) in [7, 11) is 1.78. The molecule has 0 aliphatic carbocycles. The van der Waals surface area contributed by atoms with Gasteiger partial charge in [-0.1, -0.05) is 41.2 Å². The van der Waals surface area contributed by atoms with Crippen LogP contribution in [0.15, 0.2) is 57.4 Å². The zero-order chi connectivity index (χ0) is 19.2. The third-order valence-electron chi connectivity index (χ3n) is 3.84. The molecular weight excluding hydrogens is 378 g/mol. The summed E-state index contributed by atoms with van der Waals surface area (Å²) in [6.07, 6.45) is 0.399. The number of aryl methyl sites for hydroxylation is 3. The van der Waals surface area contributed by atoms with Crippen LogP contribution in [0.4, 0.5) is 5.69 Å². The van der Waals surface area contributed by atoms with Crippen LogP contribution < -0.4 is 5.32 Å². The average Bonchev–Trinajstić information content (AvgIpc) is 3.04. The number of rotatable bonds is 7. The monoisotopic (exact) mass is 399 g/mol. The summed E-state index contributed by atoms with van der Waals surface area (Å²) in [5.41, 5.74) is 3.34. The number of hydrogen-bond donors (Lipinski definition) is 1. The first-order valence-corrected chi connectivity index (χ1v) is 10.3. The molecule has 0 spiro atoms. The lowest BCUT2D eigenvalue weighted by Crippen LogP contribution is -2.12. The van der Waals surface area contributed by atoms with E-state index in [9.17, 15) is 4.79 Å². The fourth-order valence-electron chi connectivity index (χ4n) is 2.45. The molecule has 2 aromatic carbocycles. The first-order valence-electron chi connectivity index (χ1n) is 8.51. The van der Waals surface area contributed by atoms with Gasteiger partial charge in [-0.3, -0.25) is 4.79 Å². The average molecular weight is 400 g/mol. The van der Waals surface area contributed by atoms with Crippen molar-refractivity contribution < 1.29 is 4.79 Å². The summed E-state index contributed by atoms with van der Waals surface area (Å²) in [6, 6.07) is 14.4. The van der Waals surface area contributed by atoms with Crippen LogP contribution in [-0.4, -0.2) is 31.9 Å². The Balaban J connectivity index is 1.49. The summed E-state index contributed by atoms with van der Waals surface area (Å²) in [6.45, 7) is 4.22. The van der Waals surface area contributed by atoms with E-state index >= 15 is 0 Å². The van der Waals surface area contributed by atoms with E-state index in [2.05, 4.69) is 52.9 Å². The normalized spacial score (nSPS) is 10.8. The minimum atomic E-state index is -0.0209. The second-order valence-corrected chi connectivity index (χ2v) is 8.30. The molecule has 1 aromatic heterocycles. The first kappa shape index (κ1) is 19.4. The molecule has 3 aromatic rings. The van der Waals surface area contributed by atoms with Crippen LogP contribution in [0.3, 0.4) is 0 Å². The topological polar surface area (TPSA) is 72.7 Å². The van der Waals surface area contributed by atoms with Gasteiger partial charge >= 0.3 is 0 Å². The lowest BCUT2D eigenvalue weighted by atomic mass is 10.2. The van der Waals surface area contributed by atoms with Crippen LogP contribution in [0, 0.1) is 13.8 Å². The molecule has 0 aliphatic rings. The molecular formula is C19H21N5OS2. The summed E-state index contributed by atoms with van der Waals surface area (Å²) < 4.78 is 1.59. The predicted molar refractivity (Wildman–Crippen MR) is 109 cm³/mol. The molecule has 1 amide bonds. The number of amides is 1. The molecule has 1 N–H and O–H groups in total. The van der Waals surface area contributed by atoms with Gasteiger partial charge in [0, 0.05) is 34.7 Å². The Morgan fingerprint density at radius 3 is 2.59 bits per heavy atom. The van der Waals surface area contributed by atoms with Crippen molar-refractivity contribution in [2.45, 2.75) is 35.2 Å². The van der Waals surface area contributed by atoms with E-state index in [1.807, 2.05) is 24.3 Å². The predicted octanol–water partition coefficient (Wildman–Crippen LogP) is 4.10. The van der Waals surface area contributed by atoms with Crippen LogP contribution in [0.25, 0.3) is 0 Å². The van der Waals surface area contributed by atoms with E-state index in [4.69, 9.17) is 0 Å². The summed E-state index contributed by atoms with van der Waals surface area (Å²) in [5, 5.41) is 14.8. The zero-order valence-electron chi connectivity index (χ0n) is 15.5. The Bertz CT molecular complexity index is 924. The maximum Gasteiger partial charge on any atom is 0.225 e. The third-order valence-corrected chi connectivity index (χ3v) is 6.04. The van der Waals surface area contributed by atoms with Crippen LogP contribution in [0.5, 0.6) is 0 Å². The molecule has 0 atom stereocenters. The van der Waals surface area contributed by atoms with Crippen molar-refractivity contribution in [2.75, 3.05) is 11.1 Å². The standard InChI is InChI=1S/C19H21N5OS2/c1-13-4-9-17(14(2)12-13)27-16-7-5-15(6-8-16)20-18(25)10-11-26-19-21-22-23-24(19)3/h4-9,12H,10-11H2,1-3H3,(H,20,25). The van der Waals surface area contributed by atoms with Gasteiger partial charge in [0.2, 0.25) is 11.1 Å². The van der Waals surface area contributed by atoms with E-state index < -0.39 is 0 Å². The molecule has 27 heavy (non-hydrogen) atoms. The van der Waals surface area contributed by atoms with Crippen molar-refractivity contribution in [1.29, 1.82) is 0 Å². The van der Waals surface area contributed by atoms with Gasteiger partial charge in [0.25, 0.3) is 0 Å². The molecule has 0 bridgehead atoms. The highest BCUT2D eigenvalue weighted by Crippen LogP contribution is 2.31. The first-order chi connectivity index (χ1) is 13.0. The van der Waals surface area contributed by atoms with Gasteiger partial charge < -0.3 is 5.32 Å². The van der Waals surface area contributed by atoms with Crippen molar-refractivity contribution >= 4 is 35.1 Å². The zero-order valence-corrected chi connectivity index (χ0v) is 17.1. The highest BCUT2D eigenvalue weighted by molar-refractivity contribution is 7.99. The number of thioether (sulfide) groups is 1. The van der Waals surface area contributed by atoms with E-state index in [1.54, 1.807) is 23.5 Å². The Hall–Kier alpha value is -2.32. The summed E-state index contributed by atoms with van der Waals surface area (Å²) in [4.78, 5) is 14.5. The van der Waals surface area contributed by atoms with Crippen LogP contribution >= 0.6 is 23.5 Å². The Morgan fingerprint density at radius 2 is 1.93 bits per heavy atom. The van der Waals surface area contributed by atoms with Gasteiger partial charge in [0.05, 0.1) is 0 Å². The lowest BCUT2D eigenvalue weighted by Gasteiger charge is -2.08. The van der Waals surface area contributed by atoms with Gasteiger partial charge in [0.15, 0.2) is 0 Å². The van der Waals surface area contributed by atoms with Gasteiger partial charge in [-0.2, -0.15) is 0 Å². The number of tetrazole rings is 1. The van der Waals surface area contributed by atoms with Crippen molar-refractivity contribution in [2.24, 2.45) is 7.05 Å². The number of aromatic nitrogens is 4. The fraction of sp³-hybridized carbons (Fsp3) is 0.263. The summed E-state index contributed by atoms with van der Waals surface area (Å²) in [5.74, 6) is 0.605. The van der Waals surface area contributed by atoms with E-state index in [-0.39, 0.29) is 5.91 Å². The number of hydrogen-bond acceptors (Lipinski definition) is 6. The van der Waals surface area contributed by atoms with E-state index in [0.29, 0.717) is 17.3 Å². The van der Waals surface area contributed by atoms with Crippen LogP contribution in [0.1, 0.15) is 17.5 Å². The molecule has 1 heterocycles.